The maximum Gasteiger partial charge on any atom is 0.335 e. The number of hydrogen-bond acceptors (Lipinski definition) is 2. The second-order valence-corrected chi connectivity index (χ2v) is 10.4. The molecule has 4 nitrogen and oxygen atoms in total. The molecule has 0 atom stereocenters. The van der Waals surface area contributed by atoms with Crippen molar-refractivity contribution in [1.29, 1.82) is 0 Å². The number of aliphatic carboxylic acids is 1. The van der Waals surface area contributed by atoms with Gasteiger partial charge in [-0.3, -0.25) is 0 Å². The molecule has 0 aromatic heterocycles. The van der Waals surface area contributed by atoms with Crippen LogP contribution in [0.25, 0.3) is 22.4 Å². The first-order valence-electron chi connectivity index (χ1n) is 11.5. The van der Waals surface area contributed by atoms with E-state index in [0.29, 0.717) is 11.1 Å². The maximum absolute atomic E-state index is 11.4. The van der Waals surface area contributed by atoms with E-state index in [2.05, 4.69) is 52.0 Å². The molecule has 0 spiro atoms. The number of carbonyl (C=O) groups is 2. The molecule has 0 unspecified atom stereocenters. The standard InChI is InChI=1S/C30H30O4/c1-29(2)12-13-30(3,4)26-18-24-15-19(8-9-22(24)17-25(26)29)14-21(10-11-27(31)32)20-6-5-7-23(16-20)28(33)34/h5-11,14-18H,12-13H2,1-4H3,(H,31,32)(H,33,34)/b11-10+,21-14-. The minimum absolute atomic E-state index is 0.109. The van der Waals surface area contributed by atoms with Crippen molar-refractivity contribution >= 4 is 34.4 Å². The van der Waals surface area contributed by atoms with Crippen molar-refractivity contribution in [2.45, 2.75) is 51.4 Å². The quantitative estimate of drug-likeness (QED) is 0.246. The van der Waals surface area contributed by atoms with Gasteiger partial charge in [0.2, 0.25) is 0 Å². The van der Waals surface area contributed by atoms with Gasteiger partial charge in [-0.2, -0.15) is 0 Å². The van der Waals surface area contributed by atoms with Crippen LogP contribution in [0.4, 0.5) is 0 Å². The zero-order valence-electron chi connectivity index (χ0n) is 20.1. The van der Waals surface area contributed by atoms with Crippen molar-refractivity contribution in [1.82, 2.24) is 0 Å². The zero-order valence-corrected chi connectivity index (χ0v) is 20.1. The summed E-state index contributed by atoms with van der Waals surface area (Å²) in [5.41, 5.74) is 5.40. The van der Waals surface area contributed by atoms with Crippen molar-refractivity contribution in [2.24, 2.45) is 0 Å². The summed E-state index contributed by atoms with van der Waals surface area (Å²) in [6.45, 7) is 9.24. The number of benzene rings is 3. The Bertz CT molecular complexity index is 1360. The first-order chi connectivity index (χ1) is 16.0. The van der Waals surface area contributed by atoms with Crippen LogP contribution in [-0.2, 0) is 15.6 Å². The first kappa shape index (κ1) is 23.5. The van der Waals surface area contributed by atoms with Crippen molar-refractivity contribution in [3.05, 3.63) is 94.6 Å². The van der Waals surface area contributed by atoms with Crippen molar-refractivity contribution < 1.29 is 19.8 Å². The van der Waals surface area contributed by atoms with Gasteiger partial charge in [0.25, 0.3) is 0 Å². The molecule has 1 aliphatic rings. The number of carboxylic acid groups (broad SMARTS) is 2. The molecular weight excluding hydrogens is 424 g/mol. The largest absolute Gasteiger partial charge is 0.478 e. The summed E-state index contributed by atoms with van der Waals surface area (Å²) in [5, 5.41) is 20.8. The summed E-state index contributed by atoms with van der Waals surface area (Å²) in [7, 11) is 0. The van der Waals surface area contributed by atoms with Gasteiger partial charge in [0.15, 0.2) is 0 Å². The van der Waals surface area contributed by atoms with E-state index in [0.717, 1.165) is 29.9 Å². The van der Waals surface area contributed by atoms with Crippen LogP contribution in [0.5, 0.6) is 0 Å². The fourth-order valence-electron chi connectivity index (χ4n) is 4.82. The van der Waals surface area contributed by atoms with Gasteiger partial charge in [-0.05, 0) is 92.6 Å². The molecule has 174 valence electrons. The lowest BCUT2D eigenvalue weighted by atomic mass is 9.63. The number of aromatic carboxylic acids is 1. The molecule has 4 rings (SSSR count). The average molecular weight is 455 g/mol. The van der Waals surface area contributed by atoms with Gasteiger partial charge in [0, 0.05) is 6.08 Å². The highest BCUT2D eigenvalue weighted by atomic mass is 16.4. The van der Waals surface area contributed by atoms with Gasteiger partial charge in [0.05, 0.1) is 5.56 Å². The molecule has 0 saturated carbocycles. The first-order valence-corrected chi connectivity index (χ1v) is 11.5. The maximum atomic E-state index is 11.4. The second kappa shape index (κ2) is 8.60. The summed E-state index contributed by atoms with van der Waals surface area (Å²) in [5.74, 6) is -2.08. The van der Waals surface area contributed by atoms with Crippen LogP contribution in [0.3, 0.4) is 0 Å². The van der Waals surface area contributed by atoms with Crippen LogP contribution in [0.1, 0.15) is 73.1 Å². The highest BCUT2D eigenvalue weighted by Gasteiger charge is 2.37. The zero-order chi connectivity index (χ0) is 24.7. The molecule has 0 aliphatic heterocycles. The van der Waals surface area contributed by atoms with E-state index in [1.54, 1.807) is 18.2 Å². The Labute approximate surface area is 200 Å². The molecular formula is C30H30O4. The lowest BCUT2D eigenvalue weighted by molar-refractivity contribution is -0.131. The average Bonchev–Trinajstić information content (AvgIpc) is 2.79. The third kappa shape index (κ3) is 4.67. The van der Waals surface area contributed by atoms with Crippen LogP contribution in [0.2, 0.25) is 0 Å². The highest BCUT2D eigenvalue weighted by molar-refractivity contribution is 5.96. The fraction of sp³-hybridized carbons (Fsp3) is 0.267. The molecule has 0 heterocycles. The lowest BCUT2D eigenvalue weighted by Crippen LogP contribution is -2.33. The highest BCUT2D eigenvalue weighted by Crippen LogP contribution is 2.47. The number of hydrogen-bond donors (Lipinski definition) is 2. The van der Waals surface area contributed by atoms with E-state index in [4.69, 9.17) is 5.11 Å². The summed E-state index contributed by atoms with van der Waals surface area (Å²) < 4.78 is 0. The molecule has 0 bridgehead atoms. The molecule has 0 fully saturated rings. The van der Waals surface area contributed by atoms with E-state index >= 15 is 0 Å². The molecule has 3 aromatic rings. The summed E-state index contributed by atoms with van der Waals surface area (Å²) >= 11 is 0. The predicted octanol–water partition coefficient (Wildman–Crippen LogP) is 7.07. The Morgan fingerprint density at radius 1 is 0.765 bits per heavy atom. The number of fused-ring (bicyclic) bond motifs is 2. The molecule has 0 amide bonds. The van der Waals surface area contributed by atoms with E-state index in [1.807, 2.05) is 12.1 Å². The third-order valence-electron chi connectivity index (χ3n) is 7.00. The lowest BCUT2D eigenvalue weighted by Gasteiger charge is -2.42. The molecule has 0 radical (unpaired) electrons. The van der Waals surface area contributed by atoms with Gasteiger partial charge in [-0.15, -0.1) is 0 Å². The van der Waals surface area contributed by atoms with Gasteiger partial charge in [-0.25, -0.2) is 9.59 Å². The predicted molar refractivity (Wildman–Crippen MR) is 137 cm³/mol. The van der Waals surface area contributed by atoms with E-state index < -0.39 is 11.9 Å². The molecule has 4 heteroatoms. The van der Waals surface area contributed by atoms with Crippen molar-refractivity contribution in [3.63, 3.8) is 0 Å². The molecule has 0 saturated heterocycles. The topological polar surface area (TPSA) is 74.6 Å². The molecule has 3 aromatic carbocycles. The Morgan fingerprint density at radius 2 is 1.38 bits per heavy atom. The minimum Gasteiger partial charge on any atom is -0.478 e. The van der Waals surface area contributed by atoms with Crippen LogP contribution < -0.4 is 0 Å². The van der Waals surface area contributed by atoms with Crippen LogP contribution in [-0.4, -0.2) is 22.2 Å². The van der Waals surface area contributed by atoms with Crippen molar-refractivity contribution in [3.8, 4) is 0 Å². The van der Waals surface area contributed by atoms with Crippen molar-refractivity contribution in [2.75, 3.05) is 0 Å². The smallest absolute Gasteiger partial charge is 0.335 e. The van der Waals surface area contributed by atoms with Crippen LogP contribution in [0, 0.1) is 0 Å². The number of carboxylic acids is 2. The van der Waals surface area contributed by atoms with Crippen LogP contribution >= 0.6 is 0 Å². The summed E-state index contributed by atoms with van der Waals surface area (Å²) in [4.78, 5) is 22.6. The van der Waals surface area contributed by atoms with E-state index in [9.17, 15) is 14.7 Å². The molecule has 2 N–H and O–H groups in total. The summed E-state index contributed by atoms with van der Waals surface area (Å²) in [6.07, 6.45) is 6.78. The molecule has 1 aliphatic carbocycles. The Hall–Kier alpha value is -3.66. The van der Waals surface area contributed by atoms with Gasteiger partial charge in [-0.1, -0.05) is 64.1 Å². The van der Waals surface area contributed by atoms with E-state index in [1.165, 1.54) is 28.7 Å². The summed E-state index contributed by atoms with van der Waals surface area (Å²) in [6, 6.07) is 17.4. The monoisotopic (exact) mass is 454 g/mol. The SMILES string of the molecule is CC1(C)CCC(C)(C)c2cc3cc(/C=C(/C=C/C(=O)O)c4cccc(C(=O)O)c4)ccc3cc21. The Balaban J connectivity index is 1.85. The molecule has 34 heavy (non-hydrogen) atoms. The Morgan fingerprint density at radius 3 is 2.00 bits per heavy atom. The van der Waals surface area contributed by atoms with Gasteiger partial charge >= 0.3 is 11.9 Å². The third-order valence-corrected chi connectivity index (χ3v) is 7.00. The second-order valence-electron chi connectivity index (χ2n) is 10.4. The van der Waals surface area contributed by atoms with Gasteiger partial charge < -0.3 is 10.2 Å². The van der Waals surface area contributed by atoms with Gasteiger partial charge in [0.1, 0.15) is 0 Å². The number of allylic oxidation sites excluding steroid dienone is 2. The number of rotatable bonds is 5. The Kier molecular flexibility index (Phi) is 5.94. The van der Waals surface area contributed by atoms with Crippen LogP contribution in [0.15, 0.2) is 66.7 Å². The van der Waals surface area contributed by atoms with E-state index in [-0.39, 0.29) is 16.4 Å². The fourth-order valence-corrected chi connectivity index (χ4v) is 4.82. The normalized spacial score (nSPS) is 17.0. The minimum atomic E-state index is -1.06.